The topological polar surface area (TPSA) is 0 Å². The maximum Gasteiger partial charge on any atom is 0.416 e. The standard InChI is InChI=1S/C11H10F4/c1-6-2-3-8-9(6)4-7(12)5-10(8)11(13,14)15/h4-6H,2-3H2,1H3/t6-/m1/s1. The summed E-state index contributed by atoms with van der Waals surface area (Å²) < 4.78 is 50.8. The van der Waals surface area contributed by atoms with Crippen LogP contribution in [0.5, 0.6) is 0 Å². The highest BCUT2D eigenvalue weighted by atomic mass is 19.4. The zero-order chi connectivity index (χ0) is 11.2. The second kappa shape index (κ2) is 3.22. The number of benzene rings is 1. The molecule has 0 heterocycles. The maximum atomic E-state index is 13.0. The molecule has 0 aromatic heterocycles. The zero-order valence-electron chi connectivity index (χ0n) is 8.16. The van der Waals surface area contributed by atoms with Crippen LogP contribution in [-0.2, 0) is 12.6 Å². The molecule has 82 valence electrons. The van der Waals surface area contributed by atoms with Crippen molar-refractivity contribution < 1.29 is 17.6 Å². The van der Waals surface area contributed by atoms with Crippen molar-refractivity contribution in [3.63, 3.8) is 0 Å². The number of rotatable bonds is 0. The van der Waals surface area contributed by atoms with E-state index >= 15 is 0 Å². The Balaban J connectivity index is 2.62. The summed E-state index contributed by atoms with van der Waals surface area (Å²) >= 11 is 0. The van der Waals surface area contributed by atoms with Gasteiger partial charge in [-0.25, -0.2) is 4.39 Å². The summed E-state index contributed by atoms with van der Waals surface area (Å²) in [6, 6.07) is 1.82. The monoisotopic (exact) mass is 218 g/mol. The number of halogens is 4. The highest BCUT2D eigenvalue weighted by Crippen LogP contribution is 2.41. The van der Waals surface area contributed by atoms with E-state index in [1.807, 2.05) is 6.92 Å². The van der Waals surface area contributed by atoms with Crippen molar-refractivity contribution in [3.8, 4) is 0 Å². The lowest BCUT2D eigenvalue weighted by atomic mass is 9.99. The minimum atomic E-state index is -4.45. The first kappa shape index (κ1) is 10.5. The fourth-order valence-electron chi connectivity index (χ4n) is 2.15. The molecule has 1 aliphatic rings. The van der Waals surface area contributed by atoms with Gasteiger partial charge in [-0.3, -0.25) is 0 Å². The second-order valence-corrected chi connectivity index (χ2v) is 3.96. The van der Waals surface area contributed by atoms with Gasteiger partial charge in [0.05, 0.1) is 5.56 Å². The van der Waals surface area contributed by atoms with Crippen LogP contribution < -0.4 is 0 Å². The molecule has 0 saturated heterocycles. The van der Waals surface area contributed by atoms with Gasteiger partial charge in [0.1, 0.15) is 5.82 Å². The molecular formula is C11H10F4. The Kier molecular flexibility index (Phi) is 2.24. The molecule has 0 nitrogen and oxygen atoms in total. The molecule has 0 unspecified atom stereocenters. The first-order chi connectivity index (χ1) is 6.89. The SMILES string of the molecule is C[C@@H]1CCc2c1cc(F)cc2C(F)(F)F. The molecule has 0 fully saturated rings. The van der Waals surface area contributed by atoms with Gasteiger partial charge in [0, 0.05) is 0 Å². The van der Waals surface area contributed by atoms with Crippen molar-refractivity contribution in [2.24, 2.45) is 0 Å². The highest BCUT2D eigenvalue weighted by Gasteiger charge is 2.37. The third kappa shape index (κ3) is 1.73. The minimum absolute atomic E-state index is 0.0248. The van der Waals surface area contributed by atoms with Crippen molar-refractivity contribution in [1.82, 2.24) is 0 Å². The molecule has 0 spiro atoms. The third-order valence-corrected chi connectivity index (χ3v) is 2.91. The highest BCUT2D eigenvalue weighted by molar-refractivity contribution is 5.42. The van der Waals surface area contributed by atoms with Crippen LogP contribution in [0.4, 0.5) is 17.6 Å². The van der Waals surface area contributed by atoms with E-state index in [-0.39, 0.29) is 11.5 Å². The van der Waals surface area contributed by atoms with Gasteiger partial charge in [0.15, 0.2) is 0 Å². The van der Waals surface area contributed by atoms with Gasteiger partial charge in [-0.15, -0.1) is 0 Å². The van der Waals surface area contributed by atoms with E-state index < -0.39 is 17.6 Å². The van der Waals surface area contributed by atoms with Crippen molar-refractivity contribution in [1.29, 1.82) is 0 Å². The number of hydrogen-bond donors (Lipinski definition) is 0. The van der Waals surface area contributed by atoms with Gasteiger partial charge >= 0.3 is 6.18 Å². The first-order valence-corrected chi connectivity index (χ1v) is 4.79. The molecule has 1 aromatic carbocycles. The van der Waals surface area contributed by atoms with Crippen LogP contribution >= 0.6 is 0 Å². The van der Waals surface area contributed by atoms with Crippen molar-refractivity contribution in [2.75, 3.05) is 0 Å². The molecule has 0 radical (unpaired) electrons. The van der Waals surface area contributed by atoms with Gasteiger partial charge < -0.3 is 0 Å². The summed E-state index contributed by atoms with van der Waals surface area (Å²) in [4.78, 5) is 0. The summed E-state index contributed by atoms with van der Waals surface area (Å²) in [7, 11) is 0. The van der Waals surface area contributed by atoms with Crippen LogP contribution in [0, 0.1) is 5.82 Å². The molecule has 0 amide bonds. The van der Waals surface area contributed by atoms with Crippen LogP contribution in [0.25, 0.3) is 0 Å². The van der Waals surface area contributed by atoms with Gasteiger partial charge in [-0.05, 0) is 42.0 Å². The summed E-state index contributed by atoms with van der Waals surface area (Å²) in [5, 5.41) is 0. The van der Waals surface area contributed by atoms with Gasteiger partial charge in [0.25, 0.3) is 0 Å². The van der Waals surface area contributed by atoms with Gasteiger partial charge in [-0.2, -0.15) is 13.2 Å². The largest absolute Gasteiger partial charge is 0.416 e. The smallest absolute Gasteiger partial charge is 0.207 e. The van der Waals surface area contributed by atoms with E-state index in [4.69, 9.17) is 0 Å². The summed E-state index contributed by atoms with van der Waals surface area (Å²) in [6.45, 7) is 1.82. The lowest BCUT2D eigenvalue weighted by Gasteiger charge is -2.13. The molecule has 0 N–H and O–H groups in total. The van der Waals surface area contributed by atoms with Crippen LogP contribution in [-0.4, -0.2) is 0 Å². The Morgan fingerprint density at radius 2 is 1.93 bits per heavy atom. The number of alkyl halides is 3. The van der Waals surface area contributed by atoms with E-state index in [1.54, 1.807) is 0 Å². The van der Waals surface area contributed by atoms with Crippen LogP contribution in [0.2, 0.25) is 0 Å². The first-order valence-electron chi connectivity index (χ1n) is 4.79. The lowest BCUT2D eigenvalue weighted by Crippen LogP contribution is -2.10. The van der Waals surface area contributed by atoms with E-state index in [0.717, 1.165) is 0 Å². The maximum absolute atomic E-state index is 13.0. The average molecular weight is 218 g/mol. The Bertz CT molecular complexity index is 392. The molecule has 1 aliphatic carbocycles. The van der Waals surface area contributed by atoms with Crippen LogP contribution in [0.1, 0.15) is 36.0 Å². The van der Waals surface area contributed by atoms with Gasteiger partial charge in [0.2, 0.25) is 0 Å². The molecule has 0 saturated carbocycles. The summed E-state index contributed by atoms with van der Waals surface area (Å²) in [5.41, 5.74) is -0.0134. The van der Waals surface area contributed by atoms with Crippen LogP contribution in [0.3, 0.4) is 0 Å². The van der Waals surface area contributed by atoms with Crippen molar-refractivity contribution in [2.45, 2.75) is 31.9 Å². The van der Waals surface area contributed by atoms with E-state index in [1.165, 1.54) is 6.07 Å². The molecule has 1 aromatic rings. The molecule has 1 atom stereocenters. The van der Waals surface area contributed by atoms with Crippen molar-refractivity contribution >= 4 is 0 Å². The van der Waals surface area contributed by atoms with Crippen LogP contribution in [0.15, 0.2) is 12.1 Å². The van der Waals surface area contributed by atoms with Crippen molar-refractivity contribution in [3.05, 3.63) is 34.6 Å². The van der Waals surface area contributed by atoms with E-state index in [0.29, 0.717) is 24.5 Å². The third-order valence-electron chi connectivity index (χ3n) is 2.91. The summed E-state index contributed by atoms with van der Waals surface area (Å²) in [5.74, 6) is -0.772. The molecule has 0 bridgehead atoms. The average Bonchev–Trinajstić information content (AvgIpc) is 2.45. The minimum Gasteiger partial charge on any atom is -0.207 e. The Hall–Kier alpha value is -1.06. The normalized spacial score (nSPS) is 20.5. The van der Waals surface area contributed by atoms with E-state index in [9.17, 15) is 17.6 Å². The molecular weight excluding hydrogens is 208 g/mol. The Morgan fingerprint density at radius 3 is 2.53 bits per heavy atom. The molecule has 0 aliphatic heterocycles. The predicted molar refractivity (Wildman–Crippen MR) is 48.1 cm³/mol. The lowest BCUT2D eigenvalue weighted by molar-refractivity contribution is -0.138. The quantitative estimate of drug-likeness (QED) is 0.579. The molecule has 4 heteroatoms. The molecule has 15 heavy (non-hydrogen) atoms. The van der Waals surface area contributed by atoms with Gasteiger partial charge in [-0.1, -0.05) is 6.92 Å². The van der Waals surface area contributed by atoms with E-state index in [2.05, 4.69) is 0 Å². The Morgan fingerprint density at radius 1 is 1.27 bits per heavy atom. The Labute approximate surface area is 84.9 Å². The molecule has 2 rings (SSSR count). The number of hydrogen-bond acceptors (Lipinski definition) is 0. The fraction of sp³-hybridized carbons (Fsp3) is 0.455. The fourth-order valence-corrected chi connectivity index (χ4v) is 2.15. The second-order valence-electron chi connectivity index (χ2n) is 3.96. The summed E-state index contributed by atoms with van der Waals surface area (Å²) in [6.07, 6.45) is -3.39. The number of fused-ring (bicyclic) bond motifs is 1. The zero-order valence-corrected chi connectivity index (χ0v) is 8.16. The predicted octanol–water partition coefficient (Wildman–Crippen LogP) is 3.89.